The van der Waals surface area contributed by atoms with Gasteiger partial charge in [-0.2, -0.15) is 13.2 Å². The van der Waals surface area contributed by atoms with Crippen LogP contribution in [0, 0.1) is 10.8 Å². The summed E-state index contributed by atoms with van der Waals surface area (Å²) >= 11 is 0. The van der Waals surface area contributed by atoms with Crippen LogP contribution in [-0.2, 0) is 6.18 Å². The molecule has 2 rings (SSSR count). The quantitative estimate of drug-likeness (QED) is 0.649. The molecule has 1 aromatic heterocycles. The number of pyridine rings is 1. The Bertz CT molecular complexity index is 505. The molecule has 0 radical (unpaired) electrons. The van der Waals surface area contributed by atoms with Crippen LogP contribution in [0.2, 0.25) is 0 Å². The van der Waals surface area contributed by atoms with Gasteiger partial charge in [0.15, 0.2) is 0 Å². The minimum absolute atomic E-state index is 0.133. The Labute approximate surface area is 115 Å². The molecule has 0 aliphatic carbocycles. The molecular weight excluding hydrogens is 269 g/mol. The van der Waals surface area contributed by atoms with Gasteiger partial charge in [0.2, 0.25) is 0 Å². The minimum Gasteiger partial charge on any atom is -0.387 e. The van der Waals surface area contributed by atoms with Gasteiger partial charge in [-0.05, 0) is 25.0 Å². The maximum atomic E-state index is 12.7. The maximum Gasteiger partial charge on any atom is 0.416 e. The summed E-state index contributed by atoms with van der Waals surface area (Å²) in [5.74, 6) is 0.458. The number of alkyl halides is 3. The first-order valence-electron chi connectivity index (χ1n) is 6.35. The lowest BCUT2D eigenvalue weighted by molar-refractivity contribution is -0.137. The summed E-state index contributed by atoms with van der Waals surface area (Å²) in [6.45, 7) is 3.00. The Morgan fingerprint density at radius 2 is 2.00 bits per heavy atom. The monoisotopic (exact) mass is 286 g/mol. The van der Waals surface area contributed by atoms with Crippen LogP contribution in [-0.4, -0.2) is 23.9 Å². The number of piperidine rings is 1. The molecule has 0 atom stereocenters. The molecule has 1 aliphatic heterocycles. The van der Waals surface area contributed by atoms with Gasteiger partial charge in [-0.15, -0.1) is 0 Å². The van der Waals surface area contributed by atoms with Gasteiger partial charge in [0, 0.05) is 24.7 Å². The van der Waals surface area contributed by atoms with E-state index in [-0.39, 0.29) is 11.3 Å². The highest BCUT2D eigenvalue weighted by Gasteiger charge is 2.35. The summed E-state index contributed by atoms with van der Waals surface area (Å²) in [4.78, 5) is 5.82. The highest BCUT2D eigenvalue weighted by atomic mass is 19.4. The molecule has 1 fully saturated rings. The molecule has 0 amide bonds. The van der Waals surface area contributed by atoms with Gasteiger partial charge in [0.1, 0.15) is 5.82 Å². The van der Waals surface area contributed by atoms with E-state index in [1.165, 1.54) is 6.20 Å². The molecule has 3 N–H and O–H groups in total. The van der Waals surface area contributed by atoms with Gasteiger partial charge >= 0.3 is 6.18 Å². The van der Waals surface area contributed by atoms with E-state index in [2.05, 4.69) is 4.98 Å². The Hall–Kier alpha value is -1.79. The zero-order valence-electron chi connectivity index (χ0n) is 11.2. The molecule has 1 aromatic rings. The summed E-state index contributed by atoms with van der Waals surface area (Å²) < 4.78 is 38.0. The van der Waals surface area contributed by atoms with E-state index in [0.29, 0.717) is 31.7 Å². The third-order valence-electron chi connectivity index (χ3n) is 3.91. The van der Waals surface area contributed by atoms with E-state index in [0.717, 1.165) is 12.1 Å². The molecule has 0 spiro atoms. The largest absolute Gasteiger partial charge is 0.416 e. The number of amidine groups is 1. The fraction of sp³-hybridized carbons (Fsp3) is 0.538. The summed E-state index contributed by atoms with van der Waals surface area (Å²) in [6, 6.07) is 2.03. The number of hydrogen-bond acceptors (Lipinski definition) is 3. The number of nitrogens with zero attached hydrogens (tertiary/aromatic N) is 2. The third kappa shape index (κ3) is 2.86. The fourth-order valence-electron chi connectivity index (χ4n) is 2.27. The van der Waals surface area contributed by atoms with Crippen LogP contribution in [0.25, 0.3) is 0 Å². The van der Waals surface area contributed by atoms with Gasteiger partial charge < -0.3 is 10.6 Å². The average molecular weight is 286 g/mol. The Morgan fingerprint density at radius 1 is 1.40 bits per heavy atom. The van der Waals surface area contributed by atoms with Crippen LogP contribution in [0.3, 0.4) is 0 Å². The summed E-state index contributed by atoms with van der Waals surface area (Å²) in [5, 5.41) is 7.57. The van der Waals surface area contributed by atoms with Crippen molar-refractivity contribution in [2.24, 2.45) is 11.1 Å². The predicted molar refractivity (Wildman–Crippen MR) is 70.7 cm³/mol. The van der Waals surface area contributed by atoms with Crippen molar-refractivity contribution in [3.8, 4) is 0 Å². The summed E-state index contributed by atoms with van der Waals surface area (Å²) in [6.07, 6.45) is -1.90. The standard InChI is InChI=1S/C13H17F3N4/c1-12(11(17)18)3-6-20(7-4-12)10-8-9(2-5-19-10)13(14,15)16/h2,5,8H,3-4,6-7H2,1H3,(H3,17,18). The maximum absolute atomic E-state index is 12.7. The predicted octanol–water partition coefficient (Wildman–Crippen LogP) is 2.64. The smallest absolute Gasteiger partial charge is 0.387 e. The third-order valence-corrected chi connectivity index (χ3v) is 3.91. The normalized spacial score (nSPS) is 18.9. The Balaban J connectivity index is 2.13. The molecule has 2 heterocycles. The van der Waals surface area contributed by atoms with Crippen LogP contribution < -0.4 is 10.6 Å². The fourth-order valence-corrected chi connectivity index (χ4v) is 2.27. The number of anilines is 1. The van der Waals surface area contributed by atoms with Crippen molar-refractivity contribution in [1.29, 1.82) is 5.41 Å². The van der Waals surface area contributed by atoms with Gasteiger partial charge in [-0.3, -0.25) is 5.41 Å². The van der Waals surface area contributed by atoms with E-state index >= 15 is 0 Å². The van der Waals surface area contributed by atoms with Gasteiger partial charge in [0.05, 0.1) is 11.4 Å². The first-order chi connectivity index (χ1) is 9.22. The van der Waals surface area contributed by atoms with Crippen molar-refractivity contribution < 1.29 is 13.2 Å². The van der Waals surface area contributed by atoms with E-state index in [4.69, 9.17) is 11.1 Å². The molecule has 0 unspecified atom stereocenters. The van der Waals surface area contributed by atoms with Crippen molar-refractivity contribution in [2.75, 3.05) is 18.0 Å². The van der Waals surface area contributed by atoms with Crippen LogP contribution in [0.4, 0.5) is 19.0 Å². The zero-order valence-corrected chi connectivity index (χ0v) is 11.2. The Morgan fingerprint density at radius 3 is 2.50 bits per heavy atom. The van der Waals surface area contributed by atoms with Crippen molar-refractivity contribution >= 4 is 11.7 Å². The van der Waals surface area contributed by atoms with Crippen molar-refractivity contribution in [2.45, 2.75) is 25.9 Å². The molecule has 0 bridgehead atoms. The molecule has 20 heavy (non-hydrogen) atoms. The second kappa shape index (κ2) is 4.96. The first kappa shape index (κ1) is 14.6. The lowest BCUT2D eigenvalue weighted by atomic mass is 9.79. The number of hydrogen-bond donors (Lipinski definition) is 2. The Kier molecular flexibility index (Phi) is 3.62. The number of rotatable bonds is 2. The molecule has 110 valence electrons. The van der Waals surface area contributed by atoms with Crippen LogP contribution >= 0.6 is 0 Å². The van der Waals surface area contributed by atoms with Crippen LogP contribution in [0.1, 0.15) is 25.3 Å². The van der Waals surface area contributed by atoms with E-state index in [9.17, 15) is 13.2 Å². The SMILES string of the molecule is CC1(C(=N)N)CCN(c2cc(C(F)(F)F)ccn2)CC1. The minimum atomic E-state index is -4.36. The highest BCUT2D eigenvalue weighted by Crippen LogP contribution is 2.34. The average Bonchev–Trinajstić information content (AvgIpc) is 2.38. The van der Waals surface area contributed by atoms with Crippen LogP contribution in [0.5, 0.6) is 0 Å². The van der Waals surface area contributed by atoms with Gasteiger partial charge in [-0.1, -0.05) is 6.92 Å². The summed E-state index contributed by atoms with van der Waals surface area (Å²) in [5.41, 5.74) is 4.51. The van der Waals surface area contributed by atoms with Crippen molar-refractivity contribution in [3.63, 3.8) is 0 Å². The molecule has 7 heteroatoms. The highest BCUT2D eigenvalue weighted by molar-refractivity contribution is 5.83. The first-order valence-corrected chi connectivity index (χ1v) is 6.35. The number of nitrogens with two attached hydrogens (primary N) is 1. The molecule has 1 saturated heterocycles. The lowest BCUT2D eigenvalue weighted by Gasteiger charge is -2.39. The second-order valence-electron chi connectivity index (χ2n) is 5.36. The van der Waals surface area contributed by atoms with Crippen LogP contribution in [0.15, 0.2) is 18.3 Å². The molecular formula is C13H17F3N4. The molecule has 0 saturated carbocycles. The van der Waals surface area contributed by atoms with Gasteiger partial charge in [-0.25, -0.2) is 4.98 Å². The van der Waals surface area contributed by atoms with E-state index in [1.807, 2.05) is 6.92 Å². The number of nitrogens with one attached hydrogen (secondary N) is 1. The zero-order chi connectivity index (χ0) is 15.0. The van der Waals surface area contributed by atoms with E-state index in [1.54, 1.807) is 4.90 Å². The van der Waals surface area contributed by atoms with Gasteiger partial charge in [0.25, 0.3) is 0 Å². The van der Waals surface area contributed by atoms with Crippen molar-refractivity contribution in [3.05, 3.63) is 23.9 Å². The second-order valence-corrected chi connectivity index (χ2v) is 5.36. The number of halogens is 3. The molecule has 4 nitrogen and oxygen atoms in total. The van der Waals surface area contributed by atoms with E-state index < -0.39 is 11.7 Å². The number of aromatic nitrogens is 1. The lowest BCUT2D eigenvalue weighted by Crippen LogP contribution is -2.45. The topological polar surface area (TPSA) is 66.0 Å². The summed E-state index contributed by atoms with van der Waals surface area (Å²) in [7, 11) is 0. The molecule has 0 aromatic carbocycles. The molecule has 1 aliphatic rings. The van der Waals surface area contributed by atoms with Crippen molar-refractivity contribution in [1.82, 2.24) is 4.98 Å².